The van der Waals surface area contributed by atoms with Gasteiger partial charge in [-0.15, -0.1) is 0 Å². The van der Waals surface area contributed by atoms with Crippen LogP contribution in [0, 0.1) is 13.8 Å². The van der Waals surface area contributed by atoms with Crippen LogP contribution in [0.3, 0.4) is 0 Å². The average Bonchev–Trinajstić information content (AvgIpc) is 2.78. The highest BCUT2D eigenvalue weighted by molar-refractivity contribution is 5.94. The standard InChI is InChI=1S/C19H16/c1-12-7-8-15-13(2)10-18-16-6-4-3-5-14(16)11-19(18)17(15)9-12/h3-5,7-11H,6H2,1-2H3. The molecule has 2 aromatic carbocycles. The van der Waals surface area contributed by atoms with E-state index in [9.17, 15) is 0 Å². The van der Waals surface area contributed by atoms with E-state index < -0.39 is 0 Å². The highest BCUT2D eigenvalue weighted by Gasteiger charge is 2.14. The maximum absolute atomic E-state index is 2.36. The van der Waals surface area contributed by atoms with Crippen LogP contribution in [-0.2, 0) is 0 Å². The predicted octanol–water partition coefficient (Wildman–Crippen LogP) is 3.29. The SMILES string of the molecule is Cc1ccc2c(C)cc3c(c2c1)=CC1=CC=CCC=31. The van der Waals surface area contributed by atoms with Crippen LogP contribution in [0.4, 0.5) is 0 Å². The zero-order valence-corrected chi connectivity index (χ0v) is 11.3. The fraction of sp³-hybridized carbons (Fsp3) is 0.158. The summed E-state index contributed by atoms with van der Waals surface area (Å²) < 4.78 is 0. The molecule has 0 aromatic heterocycles. The number of benzene rings is 2. The lowest BCUT2D eigenvalue weighted by Crippen LogP contribution is -2.24. The van der Waals surface area contributed by atoms with Crippen molar-refractivity contribution in [3.8, 4) is 0 Å². The van der Waals surface area contributed by atoms with Crippen LogP contribution >= 0.6 is 0 Å². The Morgan fingerprint density at radius 2 is 1.89 bits per heavy atom. The molecule has 0 unspecified atom stereocenters. The van der Waals surface area contributed by atoms with E-state index in [1.54, 1.807) is 0 Å². The summed E-state index contributed by atoms with van der Waals surface area (Å²) in [5.74, 6) is 0. The molecule has 0 bridgehead atoms. The second-order valence-electron chi connectivity index (χ2n) is 5.58. The van der Waals surface area contributed by atoms with Crippen LogP contribution in [0.1, 0.15) is 17.5 Å². The quantitative estimate of drug-likeness (QED) is 0.667. The Labute approximate surface area is 113 Å². The third-order valence-electron chi connectivity index (χ3n) is 4.25. The molecule has 4 rings (SSSR count). The van der Waals surface area contributed by atoms with Crippen LogP contribution in [0.25, 0.3) is 22.4 Å². The van der Waals surface area contributed by atoms with Crippen molar-refractivity contribution < 1.29 is 0 Å². The van der Waals surface area contributed by atoms with Gasteiger partial charge in [0, 0.05) is 0 Å². The third kappa shape index (κ3) is 1.46. The fourth-order valence-electron chi connectivity index (χ4n) is 3.28. The maximum atomic E-state index is 2.36. The Balaban J connectivity index is 2.26. The van der Waals surface area contributed by atoms with Crippen LogP contribution in [-0.4, -0.2) is 0 Å². The summed E-state index contributed by atoms with van der Waals surface area (Å²) in [7, 11) is 0. The Bertz CT molecular complexity index is 890. The minimum Gasteiger partial charge on any atom is -0.0801 e. The van der Waals surface area contributed by atoms with Gasteiger partial charge < -0.3 is 0 Å². The molecule has 2 aliphatic rings. The van der Waals surface area contributed by atoms with E-state index in [2.05, 4.69) is 62.4 Å². The molecule has 0 spiro atoms. The lowest BCUT2D eigenvalue weighted by molar-refractivity contribution is 1.35. The van der Waals surface area contributed by atoms with Gasteiger partial charge in [-0.25, -0.2) is 0 Å². The van der Waals surface area contributed by atoms with Gasteiger partial charge in [0.2, 0.25) is 0 Å². The molecule has 0 heteroatoms. The van der Waals surface area contributed by atoms with Gasteiger partial charge in [0.25, 0.3) is 0 Å². The molecule has 2 aromatic rings. The molecule has 0 fully saturated rings. The second-order valence-corrected chi connectivity index (χ2v) is 5.58. The summed E-state index contributed by atoms with van der Waals surface area (Å²) in [6.45, 7) is 4.39. The first-order chi connectivity index (χ1) is 9.24. The molecule has 92 valence electrons. The topological polar surface area (TPSA) is 0 Å². The molecule has 0 radical (unpaired) electrons. The van der Waals surface area contributed by atoms with Crippen molar-refractivity contribution >= 4 is 22.4 Å². The van der Waals surface area contributed by atoms with E-state index in [0.717, 1.165) is 6.42 Å². The average molecular weight is 244 g/mol. The molecule has 0 nitrogen and oxygen atoms in total. The van der Waals surface area contributed by atoms with Crippen LogP contribution in [0.15, 0.2) is 48.1 Å². The first-order valence-electron chi connectivity index (χ1n) is 6.86. The van der Waals surface area contributed by atoms with Crippen molar-refractivity contribution in [2.24, 2.45) is 0 Å². The Morgan fingerprint density at radius 1 is 1.00 bits per heavy atom. The Morgan fingerprint density at radius 3 is 2.79 bits per heavy atom. The van der Waals surface area contributed by atoms with E-state index in [1.807, 2.05) is 0 Å². The molecular weight excluding hydrogens is 228 g/mol. The minimum atomic E-state index is 1.06. The molecule has 0 aliphatic heterocycles. The van der Waals surface area contributed by atoms with Gasteiger partial charge in [0.05, 0.1) is 0 Å². The summed E-state index contributed by atoms with van der Waals surface area (Å²) in [4.78, 5) is 0. The van der Waals surface area contributed by atoms with Crippen molar-refractivity contribution in [2.75, 3.05) is 0 Å². The molecule has 19 heavy (non-hydrogen) atoms. The molecule has 0 saturated carbocycles. The van der Waals surface area contributed by atoms with E-state index in [0.29, 0.717) is 0 Å². The number of fused-ring (bicyclic) bond motifs is 4. The molecule has 0 atom stereocenters. The summed E-state index contributed by atoms with van der Waals surface area (Å²) in [5.41, 5.74) is 5.60. The normalized spacial score (nSPS) is 16.1. The number of hydrogen-bond acceptors (Lipinski definition) is 0. The second kappa shape index (κ2) is 3.71. The maximum Gasteiger partial charge on any atom is -0.00822 e. The predicted molar refractivity (Wildman–Crippen MR) is 82.4 cm³/mol. The molecule has 0 heterocycles. The van der Waals surface area contributed by atoms with Crippen molar-refractivity contribution in [2.45, 2.75) is 20.3 Å². The van der Waals surface area contributed by atoms with Gasteiger partial charge in [0.15, 0.2) is 0 Å². The van der Waals surface area contributed by atoms with Gasteiger partial charge in [0.1, 0.15) is 0 Å². The number of hydrogen-bond donors (Lipinski definition) is 0. The van der Waals surface area contributed by atoms with Crippen molar-refractivity contribution in [3.05, 3.63) is 69.6 Å². The number of aryl methyl sites for hydroxylation is 2. The zero-order chi connectivity index (χ0) is 13.0. The summed E-state index contributed by atoms with van der Waals surface area (Å²) in [6.07, 6.45) is 10.1. The smallest absolute Gasteiger partial charge is 0.00822 e. The lowest BCUT2D eigenvalue weighted by Gasteiger charge is -2.07. The van der Waals surface area contributed by atoms with E-state index in [-0.39, 0.29) is 0 Å². The minimum absolute atomic E-state index is 1.06. The van der Waals surface area contributed by atoms with Crippen molar-refractivity contribution in [1.29, 1.82) is 0 Å². The van der Waals surface area contributed by atoms with Crippen LogP contribution in [0.5, 0.6) is 0 Å². The molecule has 0 saturated heterocycles. The first-order valence-corrected chi connectivity index (χ1v) is 6.86. The molecule has 0 N–H and O–H groups in total. The van der Waals surface area contributed by atoms with E-state index in [1.165, 1.54) is 43.5 Å². The number of allylic oxidation sites excluding steroid dienone is 4. The largest absolute Gasteiger partial charge is 0.0801 e. The monoisotopic (exact) mass is 244 g/mol. The molecule has 0 amide bonds. The van der Waals surface area contributed by atoms with Crippen LogP contribution in [0.2, 0.25) is 0 Å². The Hall–Kier alpha value is -2.08. The van der Waals surface area contributed by atoms with Gasteiger partial charge >= 0.3 is 0 Å². The van der Waals surface area contributed by atoms with Crippen molar-refractivity contribution in [1.82, 2.24) is 0 Å². The van der Waals surface area contributed by atoms with E-state index >= 15 is 0 Å². The van der Waals surface area contributed by atoms with Gasteiger partial charge in [-0.1, -0.05) is 48.1 Å². The summed E-state index contributed by atoms with van der Waals surface area (Å²) >= 11 is 0. The van der Waals surface area contributed by atoms with Gasteiger partial charge in [-0.2, -0.15) is 0 Å². The van der Waals surface area contributed by atoms with Gasteiger partial charge in [-0.05, 0) is 64.3 Å². The van der Waals surface area contributed by atoms with Gasteiger partial charge in [-0.3, -0.25) is 0 Å². The van der Waals surface area contributed by atoms with Crippen molar-refractivity contribution in [3.63, 3.8) is 0 Å². The zero-order valence-electron chi connectivity index (χ0n) is 11.3. The third-order valence-corrected chi connectivity index (χ3v) is 4.25. The number of rotatable bonds is 0. The highest BCUT2D eigenvalue weighted by Crippen LogP contribution is 2.25. The van der Waals surface area contributed by atoms with E-state index in [4.69, 9.17) is 0 Å². The Kier molecular flexibility index (Phi) is 2.11. The first kappa shape index (κ1) is 10.8. The molecule has 2 aliphatic carbocycles. The summed E-state index contributed by atoms with van der Waals surface area (Å²) in [5, 5.41) is 5.63. The summed E-state index contributed by atoms with van der Waals surface area (Å²) in [6, 6.07) is 9.15. The molecular formula is C19H16. The highest BCUT2D eigenvalue weighted by atomic mass is 14.2. The fourth-order valence-corrected chi connectivity index (χ4v) is 3.28. The lowest BCUT2D eigenvalue weighted by atomic mass is 9.98. The van der Waals surface area contributed by atoms with Crippen LogP contribution < -0.4 is 10.4 Å².